The summed E-state index contributed by atoms with van der Waals surface area (Å²) in [6.45, 7) is 6.90. The lowest BCUT2D eigenvalue weighted by molar-refractivity contribution is -0.139. The maximum absolute atomic E-state index is 12.7. The Bertz CT molecular complexity index is 846. The van der Waals surface area contributed by atoms with Gasteiger partial charge >= 0.3 is 5.97 Å². The minimum atomic E-state index is -0.489. The third-order valence-corrected chi connectivity index (χ3v) is 4.85. The number of amides is 1. The van der Waals surface area contributed by atoms with Gasteiger partial charge in [-0.05, 0) is 49.6 Å². The highest BCUT2D eigenvalue weighted by Gasteiger charge is 2.37. The molecule has 1 fully saturated rings. The van der Waals surface area contributed by atoms with E-state index in [4.69, 9.17) is 9.47 Å². The SMILES string of the molecule is CCCOc1ccccc1OC(=O)C1CC(=O)N(c2cccc(C)c2C)C1. The van der Waals surface area contributed by atoms with Gasteiger partial charge in [-0.1, -0.05) is 31.2 Å². The molecule has 2 aromatic rings. The third kappa shape index (κ3) is 4.13. The highest BCUT2D eigenvalue weighted by Crippen LogP contribution is 2.32. The van der Waals surface area contributed by atoms with Gasteiger partial charge in [-0.3, -0.25) is 9.59 Å². The fraction of sp³-hybridized carbons (Fsp3) is 0.364. The largest absolute Gasteiger partial charge is 0.490 e. The highest BCUT2D eigenvalue weighted by atomic mass is 16.6. The standard InChI is InChI=1S/C22H25NO4/c1-4-12-26-19-10-5-6-11-20(19)27-22(25)17-13-21(24)23(14-17)18-9-7-8-15(2)16(18)3/h5-11,17H,4,12-14H2,1-3H3. The molecule has 2 aromatic carbocycles. The van der Waals surface area contributed by atoms with Crippen molar-refractivity contribution in [3.05, 3.63) is 53.6 Å². The van der Waals surface area contributed by atoms with Crippen molar-refractivity contribution < 1.29 is 19.1 Å². The Balaban J connectivity index is 1.72. The summed E-state index contributed by atoms with van der Waals surface area (Å²) < 4.78 is 11.2. The van der Waals surface area contributed by atoms with Crippen LogP contribution in [0.5, 0.6) is 11.5 Å². The van der Waals surface area contributed by atoms with Crippen LogP contribution in [-0.4, -0.2) is 25.0 Å². The molecule has 0 aliphatic carbocycles. The summed E-state index contributed by atoms with van der Waals surface area (Å²) in [6.07, 6.45) is 1.02. The molecule has 1 amide bonds. The second kappa shape index (κ2) is 8.25. The number of ether oxygens (including phenoxy) is 2. The van der Waals surface area contributed by atoms with Crippen molar-refractivity contribution in [3.63, 3.8) is 0 Å². The Morgan fingerprint density at radius 2 is 1.85 bits per heavy atom. The number of rotatable bonds is 6. The highest BCUT2D eigenvalue weighted by molar-refractivity contribution is 6.00. The summed E-state index contributed by atoms with van der Waals surface area (Å²) in [5, 5.41) is 0. The molecule has 5 heteroatoms. The molecular weight excluding hydrogens is 342 g/mol. The first kappa shape index (κ1) is 19.0. The van der Waals surface area contributed by atoms with Gasteiger partial charge in [0, 0.05) is 18.7 Å². The summed E-state index contributed by atoms with van der Waals surface area (Å²) in [6, 6.07) is 13.0. The van der Waals surface area contributed by atoms with Gasteiger partial charge in [0.1, 0.15) is 0 Å². The fourth-order valence-electron chi connectivity index (χ4n) is 3.18. The maximum Gasteiger partial charge on any atom is 0.316 e. The van der Waals surface area contributed by atoms with Crippen LogP contribution in [0.15, 0.2) is 42.5 Å². The summed E-state index contributed by atoms with van der Waals surface area (Å²) >= 11 is 0. The predicted octanol–water partition coefficient (Wildman–Crippen LogP) is 4.05. The van der Waals surface area contributed by atoms with Crippen LogP contribution >= 0.6 is 0 Å². The number of hydrogen-bond acceptors (Lipinski definition) is 4. The van der Waals surface area contributed by atoms with Crippen LogP contribution in [0.25, 0.3) is 0 Å². The van der Waals surface area contributed by atoms with Crippen LogP contribution in [-0.2, 0) is 9.59 Å². The van der Waals surface area contributed by atoms with Crippen LogP contribution in [0.3, 0.4) is 0 Å². The zero-order valence-electron chi connectivity index (χ0n) is 16.0. The first-order valence-electron chi connectivity index (χ1n) is 9.31. The lowest BCUT2D eigenvalue weighted by Gasteiger charge is -2.20. The van der Waals surface area contributed by atoms with Crippen molar-refractivity contribution in [2.24, 2.45) is 5.92 Å². The van der Waals surface area contributed by atoms with Gasteiger partial charge in [0.25, 0.3) is 0 Å². The topological polar surface area (TPSA) is 55.8 Å². The Morgan fingerprint density at radius 3 is 2.59 bits per heavy atom. The Hall–Kier alpha value is -2.82. The number of anilines is 1. The summed E-state index contributed by atoms with van der Waals surface area (Å²) in [7, 11) is 0. The first-order chi connectivity index (χ1) is 13.0. The summed E-state index contributed by atoms with van der Waals surface area (Å²) in [5.74, 6) is -0.00138. The molecule has 0 N–H and O–H groups in total. The van der Waals surface area contributed by atoms with Crippen LogP contribution < -0.4 is 14.4 Å². The van der Waals surface area contributed by atoms with Crippen molar-refractivity contribution in [1.29, 1.82) is 0 Å². The zero-order chi connectivity index (χ0) is 19.4. The van der Waals surface area contributed by atoms with Crippen molar-refractivity contribution in [2.45, 2.75) is 33.6 Å². The maximum atomic E-state index is 12.7. The van der Waals surface area contributed by atoms with E-state index in [1.54, 1.807) is 23.1 Å². The van der Waals surface area contributed by atoms with Gasteiger partial charge in [0.2, 0.25) is 5.91 Å². The smallest absolute Gasteiger partial charge is 0.316 e. The van der Waals surface area contributed by atoms with E-state index in [0.717, 1.165) is 23.2 Å². The number of para-hydroxylation sites is 2. The average Bonchev–Trinajstić information content (AvgIpc) is 3.05. The molecule has 0 bridgehead atoms. The van der Waals surface area contributed by atoms with E-state index in [0.29, 0.717) is 24.7 Å². The number of carbonyl (C=O) groups excluding carboxylic acids is 2. The Kier molecular flexibility index (Phi) is 5.79. The van der Waals surface area contributed by atoms with E-state index in [1.165, 1.54) is 0 Å². The van der Waals surface area contributed by atoms with E-state index < -0.39 is 11.9 Å². The van der Waals surface area contributed by atoms with E-state index in [-0.39, 0.29) is 12.3 Å². The van der Waals surface area contributed by atoms with E-state index >= 15 is 0 Å². The molecule has 1 aliphatic rings. The summed E-state index contributed by atoms with van der Waals surface area (Å²) in [5.41, 5.74) is 3.04. The molecule has 1 atom stereocenters. The average molecular weight is 367 g/mol. The number of esters is 1. The lowest BCUT2D eigenvalue weighted by atomic mass is 10.1. The molecule has 0 spiro atoms. The van der Waals surface area contributed by atoms with E-state index in [9.17, 15) is 9.59 Å². The van der Waals surface area contributed by atoms with Gasteiger partial charge in [0.05, 0.1) is 12.5 Å². The second-order valence-electron chi connectivity index (χ2n) is 6.84. The number of benzene rings is 2. The monoisotopic (exact) mass is 367 g/mol. The van der Waals surface area contributed by atoms with Crippen molar-refractivity contribution >= 4 is 17.6 Å². The van der Waals surface area contributed by atoms with Gasteiger partial charge in [0.15, 0.2) is 11.5 Å². The molecule has 27 heavy (non-hydrogen) atoms. The molecule has 1 heterocycles. The molecule has 3 rings (SSSR count). The van der Waals surface area contributed by atoms with Crippen LogP contribution in [0.1, 0.15) is 30.9 Å². The van der Waals surface area contributed by atoms with Crippen LogP contribution in [0.2, 0.25) is 0 Å². The van der Waals surface area contributed by atoms with Crippen LogP contribution in [0, 0.1) is 19.8 Å². The van der Waals surface area contributed by atoms with Gasteiger partial charge in [-0.25, -0.2) is 0 Å². The molecule has 0 aromatic heterocycles. The minimum Gasteiger partial charge on any atom is -0.490 e. The Morgan fingerprint density at radius 1 is 1.11 bits per heavy atom. The number of nitrogens with zero attached hydrogens (tertiary/aromatic N) is 1. The Labute approximate surface area is 159 Å². The molecular formula is C22H25NO4. The van der Waals surface area contributed by atoms with Crippen molar-refractivity contribution in [3.8, 4) is 11.5 Å². The third-order valence-electron chi connectivity index (χ3n) is 4.85. The molecule has 142 valence electrons. The first-order valence-corrected chi connectivity index (χ1v) is 9.31. The molecule has 1 unspecified atom stereocenters. The molecule has 5 nitrogen and oxygen atoms in total. The number of aryl methyl sites for hydroxylation is 1. The minimum absolute atomic E-state index is 0.0545. The predicted molar refractivity (Wildman–Crippen MR) is 104 cm³/mol. The number of carbonyl (C=O) groups is 2. The van der Waals surface area contributed by atoms with E-state index in [1.807, 2.05) is 45.0 Å². The summed E-state index contributed by atoms with van der Waals surface area (Å²) in [4.78, 5) is 26.9. The van der Waals surface area contributed by atoms with Crippen molar-refractivity contribution in [1.82, 2.24) is 0 Å². The fourth-order valence-corrected chi connectivity index (χ4v) is 3.18. The number of hydrogen-bond donors (Lipinski definition) is 0. The molecule has 0 saturated carbocycles. The molecule has 1 aliphatic heterocycles. The molecule has 1 saturated heterocycles. The van der Waals surface area contributed by atoms with Gasteiger partial charge in [-0.15, -0.1) is 0 Å². The quantitative estimate of drug-likeness (QED) is 0.571. The lowest BCUT2D eigenvalue weighted by Crippen LogP contribution is -2.28. The van der Waals surface area contributed by atoms with Gasteiger partial charge in [-0.2, -0.15) is 0 Å². The van der Waals surface area contributed by atoms with Crippen LogP contribution in [0.4, 0.5) is 5.69 Å². The second-order valence-corrected chi connectivity index (χ2v) is 6.84. The zero-order valence-corrected chi connectivity index (χ0v) is 16.0. The van der Waals surface area contributed by atoms with Crippen molar-refractivity contribution in [2.75, 3.05) is 18.1 Å². The van der Waals surface area contributed by atoms with E-state index in [2.05, 4.69) is 0 Å². The normalized spacial score (nSPS) is 16.5. The molecule has 0 radical (unpaired) electrons. The van der Waals surface area contributed by atoms with Gasteiger partial charge < -0.3 is 14.4 Å².